The summed E-state index contributed by atoms with van der Waals surface area (Å²) in [5.74, 6) is -0.251. The smallest absolute Gasteiger partial charge is 0.262 e. The number of phenols is 1. The van der Waals surface area contributed by atoms with Crippen molar-refractivity contribution in [2.45, 2.75) is 38.6 Å². The van der Waals surface area contributed by atoms with Crippen LogP contribution in [0.5, 0.6) is 5.75 Å². The average molecular weight is 469 g/mol. The molecule has 3 rings (SSSR count). The van der Waals surface area contributed by atoms with Gasteiger partial charge in [0, 0.05) is 31.6 Å². The summed E-state index contributed by atoms with van der Waals surface area (Å²) in [6, 6.07) is 13.4. The Labute approximate surface area is 196 Å². The van der Waals surface area contributed by atoms with E-state index in [0.717, 1.165) is 24.8 Å². The SMILES string of the molecule is O=C(CCCCCn1c(=S)[nH]c2ccccc2c1=O)NCCCNC(=O)c1cccc(O)c1. The molecule has 0 bridgehead atoms. The van der Waals surface area contributed by atoms with E-state index in [1.54, 1.807) is 22.8 Å². The molecule has 0 spiro atoms. The number of benzene rings is 2. The number of nitrogens with zero attached hydrogens (tertiary/aromatic N) is 1. The quantitative estimate of drug-likeness (QED) is 0.255. The number of rotatable bonds is 11. The fourth-order valence-electron chi connectivity index (χ4n) is 3.49. The van der Waals surface area contributed by atoms with Gasteiger partial charge in [-0.15, -0.1) is 0 Å². The van der Waals surface area contributed by atoms with Gasteiger partial charge in [0.1, 0.15) is 5.75 Å². The Kier molecular flexibility index (Phi) is 8.77. The number of fused-ring (bicyclic) bond motifs is 1. The molecule has 2 amide bonds. The van der Waals surface area contributed by atoms with Crippen molar-refractivity contribution >= 4 is 34.9 Å². The Balaban J connectivity index is 1.29. The third-order valence-corrected chi connectivity index (χ3v) is 5.57. The van der Waals surface area contributed by atoms with Crippen LogP contribution in [0, 0.1) is 4.77 Å². The first kappa shape index (κ1) is 24.2. The zero-order valence-corrected chi connectivity index (χ0v) is 19.1. The summed E-state index contributed by atoms with van der Waals surface area (Å²) in [5, 5.41) is 15.6. The second-order valence-corrected chi connectivity index (χ2v) is 8.14. The van der Waals surface area contributed by atoms with Crippen molar-refractivity contribution < 1.29 is 14.7 Å². The number of aromatic nitrogens is 2. The fraction of sp³-hybridized carbons (Fsp3) is 0.333. The Hall–Kier alpha value is -3.46. The van der Waals surface area contributed by atoms with Crippen LogP contribution in [0.2, 0.25) is 0 Å². The summed E-state index contributed by atoms with van der Waals surface area (Å²) in [6.45, 7) is 1.41. The number of nitrogens with one attached hydrogen (secondary N) is 3. The van der Waals surface area contributed by atoms with Crippen molar-refractivity contribution in [1.82, 2.24) is 20.2 Å². The molecule has 0 saturated carbocycles. The Bertz CT molecular complexity index is 1230. The predicted molar refractivity (Wildman–Crippen MR) is 130 cm³/mol. The highest BCUT2D eigenvalue weighted by molar-refractivity contribution is 7.71. The molecule has 0 unspecified atom stereocenters. The van der Waals surface area contributed by atoms with Crippen LogP contribution < -0.4 is 16.2 Å². The molecule has 0 saturated heterocycles. The molecule has 0 radical (unpaired) electrons. The zero-order chi connectivity index (χ0) is 23.6. The van der Waals surface area contributed by atoms with Crippen LogP contribution in [0.15, 0.2) is 53.3 Å². The normalized spacial score (nSPS) is 10.8. The van der Waals surface area contributed by atoms with E-state index in [2.05, 4.69) is 15.6 Å². The largest absolute Gasteiger partial charge is 0.508 e. The number of phenolic OH excluding ortho intramolecular Hbond substituents is 1. The van der Waals surface area contributed by atoms with E-state index in [4.69, 9.17) is 12.2 Å². The number of H-pyrrole nitrogens is 1. The highest BCUT2D eigenvalue weighted by Crippen LogP contribution is 2.10. The molecule has 3 aromatic rings. The molecule has 0 fully saturated rings. The number of aromatic amines is 1. The van der Waals surface area contributed by atoms with Gasteiger partial charge in [0.15, 0.2) is 4.77 Å². The number of hydrogen-bond acceptors (Lipinski definition) is 5. The standard InChI is InChI=1S/C24H28N4O4S/c29-18-9-6-8-17(16-18)22(31)26-14-7-13-25-21(30)12-2-1-5-15-28-23(32)19-10-3-4-11-20(19)27-24(28)33/h3-4,6,8-11,16,29H,1-2,5,7,12-15H2,(H,25,30)(H,26,31)(H,27,33). The van der Waals surface area contributed by atoms with Crippen molar-refractivity contribution in [1.29, 1.82) is 0 Å². The van der Waals surface area contributed by atoms with Gasteiger partial charge in [0.2, 0.25) is 5.91 Å². The van der Waals surface area contributed by atoms with Crippen LogP contribution in [0.3, 0.4) is 0 Å². The highest BCUT2D eigenvalue weighted by atomic mass is 32.1. The summed E-state index contributed by atoms with van der Waals surface area (Å²) in [5.41, 5.74) is 1.04. The number of unbranched alkanes of at least 4 members (excludes halogenated alkanes) is 2. The molecular formula is C24H28N4O4S. The van der Waals surface area contributed by atoms with Crippen molar-refractivity contribution in [2.24, 2.45) is 0 Å². The molecule has 2 aromatic carbocycles. The van der Waals surface area contributed by atoms with Gasteiger partial charge in [-0.25, -0.2) is 0 Å². The van der Waals surface area contributed by atoms with Crippen LogP contribution in [0.1, 0.15) is 42.5 Å². The maximum Gasteiger partial charge on any atom is 0.262 e. The first-order valence-corrected chi connectivity index (χ1v) is 11.4. The van der Waals surface area contributed by atoms with E-state index in [1.807, 2.05) is 18.2 Å². The molecule has 4 N–H and O–H groups in total. The summed E-state index contributed by atoms with van der Waals surface area (Å²) >= 11 is 5.31. The molecule has 0 atom stereocenters. The summed E-state index contributed by atoms with van der Waals surface area (Å²) in [4.78, 5) is 39.6. The molecule has 1 heterocycles. The third-order valence-electron chi connectivity index (χ3n) is 5.24. The van der Waals surface area contributed by atoms with E-state index in [1.165, 1.54) is 12.1 Å². The van der Waals surface area contributed by atoms with Gasteiger partial charge in [0.25, 0.3) is 11.5 Å². The third kappa shape index (κ3) is 7.01. The molecule has 0 aliphatic rings. The monoisotopic (exact) mass is 468 g/mol. The Morgan fingerprint density at radius 1 is 0.970 bits per heavy atom. The highest BCUT2D eigenvalue weighted by Gasteiger charge is 2.07. The molecule has 8 nitrogen and oxygen atoms in total. The summed E-state index contributed by atoms with van der Waals surface area (Å²) in [7, 11) is 0. The van der Waals surface area contributed by atoms with Crippen LogP contribution in [-0.2, 0) is 11.3 Å². The Morgan fingerprint density at radius 3 is 2.58 bits per heavy atom. The van der Waals surface area contributed by atoms with Crippen molar-refractivity contribution in [2.75, 3.05) is 13.1 Å². The maximum atomic E-state index is 12.6. The lowest BCUT2D eigenvalue weighted by molar-refractivity contribution is -0.121. The zero-order valence-electron chi connectivity index (χ0n) is 18.3. The number of aromatic hydroxyl groups is 1. The summed E-state index contributed by atoms with van der Waals surface area (Å²) < 4.78 is 1.98. The molecule has 0 aliphatic carbocycles. The van der Waals surface area contributed by atoms with Crippen molar-refractivity contribution in [3.8, 4) is 5.75 Å². The van der Waals surface area contributed by atoms with Crippen LogP contribution in [-0.4, -0.2) is 39.6 Å². The van der Waals surface area contributed by atoms with Gasteiger partial charge in [-0.1, -0.05) is 24.6 Å². The van der Waals surface area contributed by atoms with E-state index in [9.17, 15) is 19.5 Å². The number of para-hydroxylation sites is 1. The van der Waals surface area contributed by atoms with Gasteiger partial charge in [-0.3, -0.25) is 19.0 Å². The van der Waals surface area contributed by atoms with Gasteiger partial charge in [-0.05, 0) is 61.8 Å². The minimum absolute atomic E-state index is 0.0329. The lowest BCUT2D eigenvalue weighted by atomic mass is 10.2. The van der Waals surface area contributed by atoms with Crippen molar-refractivity contribution in [3.63, 3.8) is 0 Å². The minimum atomic E-state index is -0.261. The van der Waals surface area contributed by atoms with Crippen LogP contribution in [0.25, 0.3) is 10.9 Å². The molecule has 174 valence electrons. The lowest BCUT2D eigenvalue weighted by Gasteiger charge is -2.09. The fourth-order valence-corrected chi connectivity index (χ4v) is 3.77. The van der Waals surface area contributed by atoms with Gasteiger partial charge in [0.05, 0.1) is 10.9 Å². The lowest BCUT2D eigenvalue weighted by Crippen LogP contribution is -2.29. The van der Waals surface area contributed by atoms with Gasteiger partial charge in [-0.2, -0.15) is 0 Å². The van der Waals surface area contributed by atoms with E-state index < -0.39 is 0 Å². The average Bonchev–Trinajstić information content (AvgIpc) is 2.80. The van der Waals surface area contributed by atoms with E-state index in [0.29, 0.717) is 48.2 Å². The summed E-state index contributed by atoms with van der Waals surface area (Å²) in [6.07, 6.45) is 3.30. The Morgan fingerprint density at radius 2 is 1.76 bits per heavy atom. The second kappa shape index (κ2) is 12.0. The number of carbonyl (C=O) groups is 2. The van der Waals surface area contributed by atoms with Crippen LogP contribution in [0.4, 0.5) is 0 Å². The maximum absolute atomic E-state index is 12.6. The first-order chi connectivity index (χ1) is 16.0. The minimum Gasteiger partial charge on any atom is -0.508 e. The first-order valence-electron chi connectivity index (χ1n) is 11.0. The number of hydrogen-bond donors (Lipinski definition) is 4. The number of amides is 2. The predicted octanol–water partition coefficient (Wildman–Crippen LogP) is 3.26. The van der Waals surface area contributed by atoms with Crippen LogP contribution >= 0.6 is 12.2 Å². The molecule has 33 heavy (non-hydrogen) atoms. The molecular weight excluding hydrogens is 440 g/mol. The second-order valence-electron chi connectivity index (χ2n) is 7.75. The van der Waals surface area contributed by atoms with Gasteiger partial charge < -0.3 is 20.7 Å². The number of carbonyl (C=O) groups excluding carboxylic acids is 2. The van der Waals surface area contributed by atoms with Gasteiger partial charge >= 0.3 is 0 Å². The van der Waals surface area contributed by atoms with E-state index >= 15 is 0 Å². The topological polar surface area (TPSA) is 116 Å². The molecule has 9 heteroatoms. The molecule has 1 aromatic heterocycles. The van der Waals surface area contributed by atoms with Crippen molar-refractivity contribution in [3.05, 3.63) is 69.2 Å². The molecule has 0 aliphatic heterocycles. The van der Waals surface area contributed by atoms with E-state index in [-0.39, 0.29) is 23.1 Å².